The Labute approximate surface area is 81.1 Å². The maximum absolute atomic E-state index is 3.60. The molecule has 2 nitrogen and oxygen atoms in total. The molecule has 0 rings (SSSR count). The third-order valence-corrected chi connectivity index (χ3v) is 0.548. The first-order valence-electron chi connectivity index (χ1n) is 2.01. The summed E-state index contributed by atoms with van der Waals surface area (Å²) >= 11 is 0. The summed E-state index contributed by atoms with van der Waals surface area (Å²) in [5, 5.41) is 0. The molecule has 0 heterocycles. The standard InChI is InChI=1S/C5H12N.Ca.H2O/c1-5-6(2,3)4;;/h5H,1H2,2-4H3;;1H2/q+1;;/p-1. The summed E-state index contributed by atoms with van der Waals surface area (Å²) in [5.74, 6) is 0. The van der Waals surface area contributed by atoms with Crippen LogP contribution in [0.25, 0.3) is 0 Å². The predicted molar refractivity (Wildman–Crippen MR) is 35.9 cm³/mol. The smallest absolute Gasteiger partial charge is 0.0879 e. The van der Waals surface area contributed by atoms with Crippen LogP contribution < -0.4 is 0 Å². The van der Waals surface area contributed by atoms with E-state index in [2.05, 4.69) is 27.7 Å². The molecule has 0 unspecified atom stereocenters. The van der Waals surface area contributed by atoms with Crippen LogP contribution in [0.3, 0.4) is 0 Å². The number of hydrogen-bond acceptors (Lipinski definition) is 1. The van der Waals surface area contributed by atoms with Gasteiger partial charge in [0.2, 0.25) is 0 Å². The molecule has 0 aliphatic rings. The quantitative estimate of drug-likeness (QED) is 0.383. The van der Waals surface area contributed by atoms with Gasteiger partial charge in [0.25, 0.3) is 0 Å². The van der Waals surface area contributed by atoms with Crippen LogP contribution in [-0.4, -0.2) is 68.8 Å². The zero-order chi connectivity index (χ0) is 5.21. The normalized spacial score (nSPS) is 8.38. The average molecular weight is 143 g/mol. The molecule has 46 valence electrons. The number of hydrogen-bond donors (Lipinski definition) is 0. The van der Waals surface area contributed by atoms with Gasteiger partial charge in [-0.05, 0) is 6.58 Å². The second-order valence-corrected chi connectivity index (χ2v) is 2.30. The van der Waals surface area contributed by atoms with Crippen LogP contribution in [0.1, 0.15) is 0 Å². The summed E-state index contributed by atoms with van der Waals surface area (Å²) in [6.45, 7) is 3.60. The molecule has 0 aromatic carbocycles. The molecule has 0 atom stereocenters. The van der Waals surface area contributed by atoms with Crippen molar-refractivity contribution in [3.8, 4) is 0 Å². The minimum atomic E-state index is 0. The molecular formula is C5H13CaNO. The van der Waals surface area contributed by atoms with Gasteiger partial charge >= 0.3 is 0 Å². The molecular weight excluding hydrogens is 130 g/mol. The van der Waals surface area contributed by atoms with Gasteiger partial charge in [0.15, 0.2) is 0 Å². The minimum absolute atomic E-state index is 0. The van der Waals surface area contributed by atoms with Crippen LogP contribution in [0.5, 0.6) is 0 Å². The van der Waals surface area contributed by atoms with Gasteiger partial charge in [-0.15, -0.1) is 0 Å². The fourth-order valence-electron chi connectivity index (χ4n) is 0. The van der Waals surface area contributed by atoms with E-state index in [1.54, 1.807) is 0 Å². The molecule has 0 bridgehead atoms. The molecule has 0 aromatic rings. The monoisotopic (exact) mass is 143 g/mol. The van der Waals surface area contributed by atoms with Gasteiger partial charge in [-0.1, -0.05) is 0 Å². The number of rotatable bonds is 1. The van der Waals surface area contributed by atoms with Crippen molar-refractivity contribution in [1.82, 2.24) is 0 Å². The van der Waals surface area contributed by atoms with Crippen LogP contribution >= 0.6 is 0 Å². The van der Waals surface area contributed by atoms with Crippen molar-refractivity contribution < 1.29 is 9.96 Å². The largest absolute Gasteiger partial charge is 0.870 e. The summed E-state index contributed by atoms with van der Waals surface area (Å²) in [6, 6.07) is 0. The Balaban J connectivity index is -0.000000125. The van der Waals surface area contributed by atoms with E-state index >= 15 is 0 Å². The first-order valence-corrected chi connectivity index (χ1v) is 2.01. The van der Waals surface area contributed by atoms with Crippen molar-refractivity contribution in [2.24, 2.45) is 0 Å². The minimum Gasteiger partial charge on any atom is -0.870 e. The molecule has 0 amide bonds. The Morgan fingerprint density at radius 1 is 1.25 bits per heavy atom. The van der Waals surface area contributed by atoms with Gasteiger partial charge in [0, 0.05) is 37.7 Å². The Morgan fingerprint density at radius 2 is 1.38 bits per heavy atom. The van der Waals surface area contributed by atoms with Crippen LogP contribution in [0.15, 0.2) is 12.8 Å². The molecule has 8 heavy (non-hydrogen) atoms. The van der Waals surface area contributed by atoms with Gasteiger partial charge in [-0.2, -0.15) is 0 Å². The van der Waals surface area contributed by atoms with Crippen LogP contribution in [-0.2, 0) is 0 Å². The maximum Gasteiger partial charge on any atom is 0.0879 e. The van der Waals surface area contributed by atoms with Crippen molar-refractivity contribution >= 4 is 37.7 Å². The molecule has 3 heteroatoms. The number of nitrogens with zero attached hydrogens (tertiary/aromatic N) is 1. The Bertz CT molecular complexity index is 57.9. The zero-order valence-electron chi connectivity index (χ0n) is 5.89. The number of quaternary nitrogens is 1. The molecule has 0 saturated heterocycles. The Hall–Kier alpha value is 0.920. The fourth-order valence-corrected chi connectivity index (χ4v) is 0. The Morgan fingerprint density at radius 3 is 1.38 bits per heavy atom. The molecule has 0 spiro atoms. The molecule has 2 radical (unpaired) electrons. The fraction of sp³-hybridized carbons (Fsp3) is 0.600. The van der Waals surface area contributed by atoms with Crippen molar-refractivity contribution in [1.29, 1.82) is 0 Å². The first kappa shape index (κ1) is 16.0. The van der Waals surface area contributed by atoms with Gasteiger partial charge in [0.1, 0.15) is 0 Å². The van der Waals surface area contributed by atoms with Crippen molar-refractivity contribution in [3.63, 3.8) is 0 Å². The summed E-state index contributed by atoms with van der Waals surface area (Å²) in [4.78, 5) is 0. The van der Waals surface area contributed by atoms with Gasteiger partial charge < -0.3 is 9.96 Å². The molecule has 0 fully saturated rings. The van der Waals surface area contributed by atoms with Crippen LogP contribution in [0.2, 0.25) is 0 Å². The zero-order valence-corrected chi connectivity index (χ0v) is 8.09. The van der Waals surface area contributed by atoms with E-state index in [-0.39, 0.29) is 43.2 Å². The van der Waals surface area contributed by atoms with Crippen LogP contribution in [0.4, 0.5) is 0 Å². The summed E-state index contributed by atoms with van der Waals surface area (Å²) in [6.07, 6.45) is 1.88. The molecule has 0 aliphatic carbocycles. The maximum atomic E-state index is 3.60. The van der Waals surface area contributed by atoms with E-state index in [9.17, 15) is 0 Å². The van der Waals surface area contributed by atoms with Crippen molar-refractivity contribution in [3.05, 3.63) is 12.8 Å². The SMILES string of the molecule is C=C[N+](C)(C)C.[Ca].[OH-]. The molecule has 0 aromatic heterocycles. The van der Waals surface area contributed by atoms with Gasteiger partial charge in [-0.25, -0.2) is 0 Å². The van der Waals surface area contributed by atoms with Gasteiger partial charge in [-0.3, -0.25) is 0 Å². The van der Waals surface area contributed by atoms with E-state index in [1.807, 2.05) is 6.20 Å². The Kier molecular flexibility index (Phi) is 12.1. The summed E-state index contributed by atoms with van der Waals surface area (Å²) in [7, 11) is 6.19. The first-order chi connectivity index (χ1) is 2.56. The van der Waals surface area contributed by atoms with E-state index in [0.717, 1.165) is 4.48 Å². The van der Waals surface area contributed by atoms with Crippen molar-refractivity contribution in [2.45, 2.75) is 0 Å². The molecule has 0 saturated carbocycles. The van der Waals surface area contributed by atoms with Gasteiger partial charge in [0.05, 0.1) is 27.3 Å². The summed E-state index contributed by atoms with van der Waals surface area (Å²) in [5.41, 5.74) is 0. The van der Waals surface area contributed by atoms with Crippen LogP contribution in [0, 0.1) is 0 Å². The van der Waals surface area contributed by atoms with E-state index in [4.69, 9.17) is 0 Å². The molecule has 0 aliphatic heterocycles. The average Bonchev–Trinajstić information content (AvgIpc) is 1.35. The van der Waals surface area contributed by atoms with Crippen molar-refractivity contribution in [2.75, 3.05) is 21.1 Å². The van der Waals surface area contributed by atoms with E-state index in [1.165, 1.54) is 0 Å². The third-order valence-electron chi connectivity index (χ3n) is 0.548. The second-order valence-electron chi connectivity index (χ2n) is 2.30. The molecule has 1 N–H and O–H groups in total. The topological polar surface area (TPSA) is 30.0 Å². The predicted octanol–water partition coefficient (Wildman–Crippen LogP) is 0.278. The second kappa shape index (κ2) is 6.05. The van der Waals surface area contributed by atoms with E-state index < -0.39 is 0 Å². The summed E-state index contributed by atoms with van der Waals surface area (Å²) < 4.78 is 0.833. The van der Waals surface area contributed by atoms with E-state index in [0.29, 0.717) is 0 Å². The third kappa shape index (κ3) is 15.8.